The normalized spacial score (nSPS) is 10.3. The minimum atomic E-state index is -0.0708. The summed E-state index contributed by atoms with van der Waals surface area (Å²) in [4.78, 5) is 19.4. The number of nitrogens with zero attached hydrogens (tertiary/aromatic N) is 2. The molecule has 0 unspecified atom stereocenters. The van der Waals surface area contributed by atoms with Crippen molar-refractivity contribution in [2.45, 2.75) is 13.8 Å². The van der Waals surface area contributed by atoms with Crippen LogP contribution in [-0.2, 0) is 0 Å². The molecule has 124 valence electrons. The first kappa shape index (κ1) is 16.9. The molecule has 0 spiro atoms. The quantitative estimate of drug-likeness (QED) is 0.638. The van der Waals surface area contributed by atoms with Crippen LogP contribution in [0.4, 0.5) is 5.69 Å². The summed E-state index contributed by atoms with van der Waals surface area (Å²) in [6.45, 7) is 4.37. The highest BCUT2D eigenvalue weighted by atomic mass is 32.1. The van der Waals surface area contributed by atoms with Crippen molar-refractivity contribution < 1.29 is 4.79 Å². The number of hydrogen-bond acceptors (Lipinski definition) is 3. The van der Waals surface area contributed by atoms with E-state index in [0.29, 0.717) is 12.1 Å². The Morgan fingerprint density at radius 3 is 2.76 bits per heavy atom. The Labute approximate surface area is 152 Å². The van der Waals surface area contributed by atoms with Crippen LogP contribution in [-0.4, -0.2) is 17.4 Å². The molecule has 3 rings (SSSR count). The van der Waals surface area contributed by atoms with Crippen LogP contribution in [0.2, 0.25) is 0 Å². The summed E-state index contributed by atoms with van der Waals surface area (Å²) in [6.07, 6.45) is 5.47. The second kappa shape index (κ2) is 7.33. The Bertz CT molecular complexity index is 939. The molecule has 0 bridgehead atoms. The summed E-state index contributed by atoms with van der Waals surface area (Å²) in [6, 6.07) is 13.2. The van der Waals surface area contributed by atoms with Gasteiger partial charge in [0.05, 0.1) is 17.0 Å². The molecule has 25 heavy (non-hydrogen) atoms. The van der Waals surface area contributed by atoms with E-state index >= 15 is 0 Å². The fourth-order valence-electron chi connectivity index (χ4n) is 2.71. The predicted molar refractivity (Wildman–Crippen MR) is 104 cm³/mol. The van der Waals surface area contributed by atoms with Gasteiger partial charge in [-0.25, -0.2) is 0 Å². The van der Waals surface area contributed by atoms with E-state index in [9.17, 15) is 4.79 Å². The zero-order valence-electron chi connectivity index (χ0n) is 14.2. The number of thiophene rings is 1. The molecule has 3 nitrogen and oxygen atoms in total. The number of amides is 1. The van der Waals surface area contributed by atoms with E-state index in [0.717, 1.165) is 28.2 Å². The lowest BCUT2D eigenvalue weighted by Crippen LogP contribution is -2.31. The fourth-order valence-corrected chi connectivity index (χ4v) is 3.36. The van der Waals surface area contributed by atoms with Gasteiger partial charge < -0.3 is 4.90 Å². The molecule has 0 aliphatic carbocycles. The number of benzene rings is 1. The Morgan fingerprint density at radius 2 is 2.12 bits per heavy atom. The van der Waals surface area contributed by atoms with E-state index in [-0.39, 0.29) is 5.91 Å². The molecule has 0 aliphatic rings. The van der Waals surface area contributed by atoms with Crippen molar-refractivity contribution in [2.75, 3.05) is 11.4 Å². The standard InChI is InChI=1S/C21H18N2OS/c1-4-16-7-6-8-18(13-16)23(5-2)21(24)19-9-10-20(22-15(19)3)17-11-12-25-14-17/h1,6-14H,5H2,2-3H3. The minimum Gasteiger partial charge on any atom is -0.309 e. The summed E-state index contributed by atoms with van der Waals surface area (Å²) in [5.74, 6) is 2.54. The zero-order valence-corrected chi connectivity index (χ0v) is 15.0. The lowest BCUT2D eigenvalue weighted by atomic mass is 10.1. The number of pyridine rings is 1. The van der Waals surface area contributed by atoms with Crippen LogP contribution >= 0.6 is 11.3 Å². The Hall–Kier alpha value is -2.90. The maximum Gasteiger partial charge on any atom is 0.260 e. The van der Waals surface area contributed by atoms with Gasteiger partial charge in [0.25, 0.3) is 5.91 Å². The van der Waals surface area contributed by atoms with Gasteiger partial charge in [-0.05, 0) is 55.6 Å². The molecule has 3 aromatic rings. The van der Waals surface area contributed by atoms with E-state index < -0.39 is 0 Å². The van der Waals surface area contributed by atoms with Crippen molar-refractivity contribution in [1.82, 2.24) is 4.98 Å². The molecule has 0 saturated heterocycles. The third kappa shape index (κ3) is 3.47. The fraction of sp³-hybridized carbons (Fsp3) is 0.143. The molecule has 2 aromatic heterocycles. The van der Waals surface area contributed by atoms with Crippen LogP contribution in [0.3, 0.4) is 0 Å². The van der Waals surface area contributed by atoms with Gasteiger partial charge in [-0.15, -0.1) is 6.42 Å². The second-order valence-electron chi connectivity index (χ2n) is 5.59. The summed E-state index contributed by atoms with van der Waals surface area (Å²) in [7, 11) is 0. The third-order valence-electron chi connectivity index (χ3n) is 4.02. The number of terminal acetylenes is 1. The van der Waals surface area contributed by atoms with E-state index in [1.165, 1.54) is 0 Å². The summed E-state index contributed by atoms with van der Waals surface area (Å²) >= 11 is 1.63. The van der Waals surface area contributed by atoms with Gasteiger partial charge >= 0.3 is 0 Å². The first-order valence-electron chi connectivity index (χ1n) is 8.02. The van der Waals surface area contributed by atoms with Gasteiger partial charge in [0.1, 0.15) is 0 Å². The second-order valence-corrected chi connectivity index (χ2v) is 6.37. The van der Waals surface area contributed by atoms with Crippen molar-refractivity contribution in [1.29, 1.82) is 0 Å². The van der Waals surface area contributed by atoms with Crippen molar-refractivity contribution in [2.24, 2.45) is 0 Å². The molecule has 0 fully saturated rings. The van der Waals surface area contributed by atoms with Crippen molar-refractivity contribution in [3.8, 4) is 23.6 Å². The summed E-state index contributed by atoms with van der Waals surface area (Å²) < 4.78 is 0. The van der Waals surface area contributed by atoms with E-state index in [4.69, 9.17) is 6.42 Å². The van der Waals surface area contributed by atoms with Crippen LogP contribution in [0, 0.1) is 19.3 Å². The number of carbonyl (C=O) groups is 1. The molecule has 0 atom stereocenters. The van der Waals surface area contributed by atoms with Crippen molar-refractivity contribution in [3.63, 3.8) is 0 Å². The Balaban J connectivity index is 1.94. The zero-order chi connectivity index (χ0) is 17.8. The van der Waals surface area contributed by atoms with E-state index in [1.54, 1.807) is 16.2 Å². The lowest BCUT2D eigenvalue weighted by Gasteiger charge is -2.22. The first-order chi connectivity index (χ1) is 12.1. The lowest BCUT2D eigenvalue weighted by molar-refractivity contribution is 0.0987. The number of carbonyl (C=O) groups excluding carboxylic acids is 1. The molecule has 1 amide bonds. The van der Waals surface area contributed by atoms with Crippen LogP contribution < -0.4 is 4.90 Å². The number of anilines is 1. The molecular formula is C21H18N2OS. The summed E-state index contributed by atoms with van der Waals surface area (Å²) in [5, 5.41) is 4.07. The Morgan fingerprint density at radius 1 is 1.28 bits per heavy atom. The largest absolute Gasteiger partial charge is 0.309 e. The first-order valence-corrected chi connectivity index (χ1v) is 8.97. The van der Waals surface area contributed by atoms with Crippen LogP contribution in [0.15, 0.2) is 53.2 Å². The van der Waals surface area contributed by atoms with Gasteiger partial charge in [-0.3, -0.25) is 9.78 Å². The highest BCUT2D eigenvalue weighted by molar-refractivity contribution is 7.08. The molecule has 2 heterocycles. The predicted octanol–water partition coefficient (Wildman–Crippen LogP) is 4.77. The SMILES string of the molecule is C#Cc1cccc(N(CC)C(=O)c2ccc(-c3ccsc3)nc2C)c1. The average molecular weight is 346 g/mol. The van der Waals surface area contributed by atoms with Crippen LogP contribution in [0.25, 0.3) is 11.3 Å². The van der Waals surface area contributed by atoms with Gasteiger partial charge in [0, 0.05) is 28.7 Å². The van der Waals surface area contributed by atoms with E-state index in [1.807, 2.05) is 67.1 Å². The Kier molecular flexibility index (Phi) is 4.97. The number of rotatable bonds is 4. The van der Waals surface area contributed by atoms with Gasteiger partial charge in [0.2, 0.25) is 0 Å². The van der Waals surface area contributed by atoms with Crippen LogP contribution in [0.1, 0.15) is 28.5 Å². The van der Waals surface area contributed by atoms with Crippen molar-refractivity contribution >= 4 is 22.9 Å². The smallest absolute Gasteiger partial charge is 0.260 e. The maximum absolute atomic E-state index is 13.0. The molecule has 0 radical (unpaired) electrons. The molecule has 0 aliphatic heterocycles. The van der Waals surface area contributed by atoms with Gasteiger partial charge in [-0.2, -0.15) is 11.3 Å². The van der Waals surface area contributed by atoms with E-state index in [2.05, 4.69) is 10.9 Å². The molecular weight excluding hydrogens is 328 g/mol. The van der Waals surface area contributed by atoms with Crippen LogP contribution in [0.5, 0.6) is 0 Å². The summed E-state index contributed by atoms with van der Waals surface area (Å²) in [5.41, 5.74) is 4.83. The number of hydrogen-bond donors (Lipinski definition) is 0. The molecule has 4 heteroatoms. The topological polar surface area (TPSA) is 33.2 Å². The monoisotopic (exact) mass is 346 g/mol. The molecule has 1 aromatic carbocycles. The van der Waals surface area contributed by atoms with Gasteiger partial charge in [-0.1, -0.05) is 12.0 Å². The number of aryl methyl sites for hydroxylation is 1. The van der Waals surface area contributed by atoms with Gasteiger partial charge in [0.15, 0.2) is 0 Å². The third-order valence-corrected chi connectivity index (χ3v) is 4.70. The number of aromatic nitrogens is 1. The minimum absolute atomic E-state index is 0.0708. The molecule has 0 saturated carbocycles. The molecule has 0 N–H and O–H groups in total. The highest BCUT2D eigenvalue weighted by Crippen LogP contribution is 2.24. The van der Waals surface area contributed by atoms with Crippen molar-refractivity contribution in [3.05, 3.63) is 70.0 Å². The highest BCUT2D eigenvalue weighted by Gasteiger charge is 2.19. The maximum atomic E-state index is 13.0. The average Bonchev–Trinajstić information content (AvgIpc) is 3.17.